The summed E-state index contributed by atoms with van der Waals surface area (Å²) in [5.41, 5.74) is 2.84. The third-order valence-corrected chi connectivity index (χ3v) is 5.02. The average Bonchev–Trinajstić information content (AvgIpc) is 2.71. The Morgan fingerprint density at radius 1 is 0.821 bits per heavy atom. The third-order valence-electron chi connectivity index (χ3n) is 5.02. The number of fused-ring (bicyclic) bond motifs is 1. The van der Waals surface area contributed by atoms with Gasteiger partial charge in [-0.3, -0.25) is 0 Å². The minimum atomic E-state index is -0.628. The first kappa shape index (κ1) is 19.5. The summed E-state index contributed by atoms with van der Waals surface area (Å²) in [5.74, 6) is -0.904. The summed E-state index contributed by atoms with van der Waals surface area (Å²) < 4.78 is 15.5. The topological polar surface area (TPSA) is 73.9 Å². The number of esters is 2. The van der Waals surface area contributed by atoms with Gasteiger partial charge < -0.3 is 19.5 Å². The van der Waals surface area contributed by atoms with Crippen molar-refractivity contribution in [2.45, 2.75) is 19.8 Å². The van der Waals surface area contributed by atoms with E-state index in [1.54, 1.807) is 21.0 Å². The van der Waals surface area contributed by atoms with Gasteiger partial charge in [0.25, 0.3) is 0 Å². The number of carbonyl (C=O) groups excluding carboxylic acids is 2. The van der Waals surface area contributed by atoms with Crippen LogP contribution in [0.15, 0.2) is 58.9 Å². The van der Waals surface area contributed by atoms with Gasteiger partial charge in [0.15, 0.2) is 0 Å². The maximum Gasteiger partial charge on any atom is 0.336 e. The molecule has 28 heavy (non-hydrogen) atoms. The van der Waals surface area contributed by atoms with E-state index in [1.807, 2.05) is 36.4 Å². The van der Waals surface area contributed by atoms with Gasteiger partial charge >= 0.3 is 11.9 Å². The molecule has 0 atom stereocenters. The standard InChI is InChI=1S/C22H23NO5/c1-12-18(21(24)27-4)20(19(13(2)23-12)22(25)28-5)16-10-11-17(26-3)15-9-7-6-8-14(15)16/h6-11,20,23H,1-5H3. The Hall–Kier alpha value is -3.28. The molecule has 146 valence electrons. The van der Waals surface area contributed by atoms with Crippen molar-refractivity contribution in [2.75, 3.05) is 21.3 Å². The molecule has 1 aliphatic heterocycles. The van der Waals surface area contributed by atoms with Gasteiger partial charge in [0.05, 0.1) is 38.4 Å². The van der Waals surface area contributed by atoms with Crippen LogP contribution >= 0.6 is 0 Å². The molecule has 0 saturated heterocycles. The first-order valence-corrected chi connectivity index (χ1v) is 8.85. The minimum Gasteiger partial charge on any atom is -0.496 e. The van der Waals surface area contributed by atoms with E-state index in [9.17, 15) is 9.59 Å². The Morgan fingerprint density at radius 2 is 1.36 bits per heavy atom. The molecule has 1 N–H and O–H groups in total. The molecule has 0 bridgehead atoms. The van der Waals surface area contributed by atoms with Crippen LogP contribution in [0.4, 0.5) is 0 Å². The van der Waals surface area contributed by atoms with Crippen molar-refractivity contribution in [3.63, 3.8) is 0 Å². The predicted molar refractivity (Wildman–Crippen MR) is 106 cm³/mol. The largest absolute Gasteiger partial charge is 0.496 e. The summed E-state index contributed by atoms with van der Waals surface area (Å²) in [7, 11) is 4.27. The zero-order valence-corrected chi connectivity index (χ0v) is 16.6. The van der Waals surface area contributed by atoms with Gasteiger partial charge in [0, 0.05) is 16.8 Å². The number of ether oxygens (including phenoxy) is 3. The van der Waals surface area contributed by atoms with E-state index in [2.05, 4.69) is 5.32 Å². The maximum atomic E-state index is 12.7. The minimum absolute atomic E-state index is 0.379. The second-order valence-corrected chi connectivity index (χ2v) is 6.52. The molecule has 0 unspecified atom stereocenters. The van der Waals surface area contributed by atoms with Crippen LogP contribution in [0.25, 0.3) is 10.8 Å². The molecule has 0 aromatic heterocycles. The number of benzene rings is 2. The lowest BCUT2D eigenvalue weighted by Gasteiger charge is -2.30. The van der Waals surface area contributed by atoms with Gasteiger partial charge in [-0.2, -0.15) is 0 Å². The van der Waals surface area contributed by atoms with Crippen LogP contribution in [0.5, 0.6) is 5.75 Å². The summed E-state index contributed by atoms with van der Waals surface area (Å²) in [6.07, 6.45) is 0. The number of hydrogen-bond donors (Lipinski definition) is 1. The molecular weight excluding hydrogens is 358 g/mol. The van der Waals surface area contributed by atoms with Crippen molar-refractivity contribution in [1.29, 1.82) is 0 Å². The van der Waals surface area contributed by atoms with Crippen molar-refractivity contribution >= 4 is 22.7 Å². The quantitative estimate of drug-likeness (QED) is 0.818. The molecule has 0 radical (unpaired) electrons. The van der Waals surface area contributed by atoms with E-state index in [0.29, 0.717) is 28.3 Å². The maximum absolute atomic E-state index is 12.7. The van der Waals surface area contributed by atoms with Crippen LogP contribution < -0.4 is 10.1 Å². The molecule has 0 spiro atoms. The molecule has 1 aliphatic rings. The second-order valence-electron chi connectivity index (χ2n) is 6.52. The smallest absolute Gasteiger partial charge is 0.336 e. The summed E-state index contributed by atoms with van der Waals surface area (Å²) in [6.45, 7) is 3.59. The van der Waals surface area contributed by atoms with Crippen LogP contribution in [0, 0.1) is 0 Å². The third kappa shape index (κ3) is 3.11. The molecule has 0 amide bonds. The van der Waals surface area contributed by atoms with E-state index in [0.717, 1.165) is 16.3 Å². The van der Waals surface area contributed by atoms with Crippen LogP contribution in [-0.2, 0) is 19.1 Å². The molecular formula is C22H23NO5. The van der Waals surface area contributed by atoms with Gasteiger partial charge in [-0.1, -0.05) is 30.3 Å². The lowest BCUT2D eigenvalue weighted by atomic mass is 9.78. The fraction of sp³-hybridized carbons (Fsp3) is 0.273. The fourth-order valence-corrected chi connectivity index (χ4v) is 3.79. The van der Waals surface area contributed by atoms with Crippen molar-refractivity contribution in [3.8, 4) is 5.75 Å². The number of nitrogens with one attached hydrogen (secondary N) is 1. The van der Waals surface area contributed by atoms with E-state index in [4.69, 9.17) is 14.2 Å². The fourth-order valence-electron chi connectivity index (χ4n) is 3.79. The number of rotatable bonds is 4. The van der Waals surface area contributed by atoms with Crippen LogP contribution in [0.3, 0.4) is 0 Å². The summed E-state index contributed by atoms with van der Waals surface area (Å²) in [4.78, 5) is 25.3. The zero-order valence-electron chi connectivity index (χ0n) is 16.6. The molecule has 6 nitrogen and oxygen atoms in total. The van der Waals surface area contributed by atoms with E-state index in [-0.39, 0.29) is 0 Å². The summed E-state index contributed by atoms with van der Waals surface area (Å²) >= 11 is 0. The van der Waals surface area contributed by atoms with Crippen molar-refractivity contribution in [1.82, 2.24) is 5.32 Å². The number of dihydropyridines is 1. The Morgan fingerprint density at radius 3 is 1.86 bits per heavy atom. The highest BCUT2D eigenvalue weighted by Crippen LogP contribution is 2.43. The van der Waals surface area contributed by atoms with Crippen molar-refractivity contribution < 1.29 is 23.8 Å². The molecule has 0 fully saturated rings. The molecule has 6 heteroatoms. The molecule has 0 aliphatic carbocycles. The lowest BCUT2D eigenvalue weighted by molar-refractivity contribution is -0.137. The number of methoxy groups -OCH3 is 3. The van der Waals surface area contributed by atoms with Crippen molar-refractivity contribution in [3.05, 3.63) is 64.5 Å². The number of allylic oxidation sites excluding steroid dienone is 2. The number of hydrogen-bond acceptors (Lipinski definition) is 6. The molecule has 2 aromatic rings. The first-order valence-electron chi connectivity index (χ1n) is 8.85. The molecule has 3 rings (SSSR count). The Balaban J connectivity index is 2.36. The Kier molecular flexibility index (Phi) is 5.40. The predicted octanol–water partition coefficient (Wildman–Crippen LogP) is 3.43. The van der Waals surface area contributed by atoms with Gasteiger partial charge in [0.2, 0.25) is 0 Å². The average molecular weight is 381 g/mol. The van der Waals surface area contributed by atoms with Crippen molar-refractivity contribution in [2.24, 2.45) is 0 Å². The number of carbonyl (C=O) groups is 2. The second kappa shape index (κ2) is 7.76. The van der Waals surface area contributed by atoms with E-state index < -0.39 is 17.9 Å². The first-order chi connectivity index (χ1) is 13.4. The SMILES string of the molecule is COC(=O)C1=C(C)NC(C)=C(C(=O)OC)C1c1ccc(OC)c2ccccc12. The van der Waals surface area contributed by atoms with Gasteiger partial charge in [-0.05, 0) is 30.9 Å². The highest BCUT2D eigenvalue weighted by Gasteiger charge is 2.38. The Bertz CT molecular complexity index is 981. The molecule has 1 heterocycles. The highest BCUT2D eigenvalue weighted by atomic mass is 16.5. The normalized spacial score (nSPS) is 14.8. The lowest BCUT2D eigenvalue weighted by Crippen LogP contribution is -2.32. The molecule has 0 saturated carbocycles. The monoisotopic (exact) mass is 381 g/mol. The van der Waals surface area contributed by atoms with Crippen LogP contribution in [-0.4, -0.2) is 33.3 Å². The highest BCUT2D eigenvalue weighted by molar-refractivity contribution is 6.02. The summed E-state index contributed by atoms with van der Waals surface area (Å²) in [6, 6.07) is 11.4. The van der Waals surface area contributed by atoms with E-state index in [1.165, 1.54) is 14.2 Å². The van der Waals surface area contributed by atoms with Gasteiger partial charge in [-0.15, -0.1) is 0 Å². The molecule has 2 aromatic carbocycles. The van der Waals surface area contributed by atoms with Gasteiger partial charge in [0.1, 0.15) is 5.75 Å². The zero-order chi connectivity index (χ0) is 20.4. The van der Waals surface area contributed by atoms with Gasteiger partial charge in [-0.25, -0.2) is 9.59 Å². The van der Waals surface area contributed by atoms with E-state index >= 15 is 0 Å². The Labute approximate surface area is 163 Å². The van der Waals surface area contributed by atoms with Crippen LogP contribution in [0.1, 0.15) is 25.3 Å². The summed E-state index contributed by atoms with van der Waals surface area (Å²) in [5, 5.41) is 4.89. The van der Waals surface area contributed by atoms with Crippen LogP contribution in [0.2, 0.25) is 0 Å².